The van der Waals surface area contributed by atoms with E-state index in [-0.39, 0.29) is 11.6 Å². The second-order valence-corrected chi connectivity index (χ2v) is 7.97. The Morgan fingerprint density at radius 1 is 1.18 bits per heavy atom. The number of fused-ring (bicyclic) bond motifs is 1. The first-order valence-electron chi connectivity index (χ1n) is 9.95. The lowest BCUT2D eigenvalue weighted by molar-refractivity contribution is 0.222. The van der Waals surface area contributed by atoms with Crippen LogP contribution >= 0.6 is 0 Å². The van der Waals surface area contributed by atoms with Gasteiger partial charge in [-0.05, 0) is 75.8 Å². The summed E-state index contributed by atoms with van der Waals surface area (Å²) in [7, 11) is 1.68. The third-order valence-electron chi connectivity index (χ3n) is 6.21. The van der Waals surface area contributed by atoms with Crippen LogP contribution in [0.2, 0.25) is 0 Å². The zero-order chi connectivity index (χ0) is 20.0. The summed E-state index contributed by atoms with van der Waals surface area (Å²) in [4.78, 5) is 22.3. The first-order chi connectivity index (χ1) is 13.4. The van der Waals surface area contributed by atoms with E-state index in [1.807, 2.05) is 23.6 Å². The summed E-state index contributed by atoms with van der Waals surface area (Å²) >= 11 is 0. The van der Waals surface area contributed by atoms with Crippen LogP contribution in [-0.2, 0) is 0 Å². The molecule has 5 nitrogen and oxygen atoms in total. The largest absolute Gasteiger partial charge is 0.496 e. The van der Waals surface area contributed by atoms with E-state index in [1.54, 1.807) is 20.2 Å². The lowest BCUT2D eigenvalue weighted by Crippen LogP contribution is -2.33. The molecule has 4 rings (SSSR count). The van der Waals surface area contributed by atoms with Crippen LogP contribution in [-0.4, -0.2) is 21.6 Å². The van der Waals surface area contributed by atoms with Crippen LogP contribution in [0.3, 0.4) is 0 Å². The fraction of sp³-hybridized carbons (Fsp3) is 0.435. The number of rotatable bonds is 4. The van der Waals surface area contributed by atoms with E-state index >= 15 is 0 Å². The number of nitrogens with zero attached hydrogens (tertiary/aromatic N) is 3. The minimum Gasteiger partial charge on any atom is -0.496 e. The maximum absolute atomic E-state index is 13.0. The molecule has 1 aliphatic carbocycles. The average molecular weight is 377 g/mol. The highest BCUT2D eigenvalue weighted by Crippen LogP contribution is 2.38. The molecule has 0 spiro atoms. The van der Waals surface area contributed by atoms with Crippen molar-refractivity contribution in [1.29, 1.82) is 0 Å². The van der Waals surface area contributed by atoms with Crippen molar-refractivity contribution < 1.29 is 4.74 Å². The molecule has 2 heterocycles. The van der Waals surface area contributed by atoms with Crippen LogP contribution in [0.15, 0.2) is 29.2 Å². The van der Waals surface area contributed by atoms with Gasteiger partial charge in [0.25, 0.3) is 5.56 Å². The first kappa shape index (κ1) is 18.7. The number of aromatic nitrogens is 3. The van der Waals surface area contributed by atoms with Gasteiger partial charge in [0.15, 0.2) is 0 Å². The number of ether oxygens (including phenoxy) is 1. The molecule has 2 aromatic heterocycles. The Hall–Kier alpha value is -2.69. The van der Waals surface area contributed by atoms with Gasteiger partial charge in [-0.1, -0.05) is 6.42 Å². The fourth-order valence-corrected chi connectivity index (χ4v) is 4.25. The molecule has 0 N–H and O–H groups in total. The summed E-state index contributed by atoms with van der Waals surface area (Å²) in [6, 6.07) is 6.22. The topological polar surface area (TPSA) is 57.0 Å². The van der Waals surface area contributed by atoms with Crippen molar-refractivity contribution in [2.24, 2.45) is 5.92 Å². The molecule has 146 valence electrons. The zero-order valence-electron chi connectivity index (χ0n) is 17.2. The van der Waals surface area contributed by atoms with Gasteiger partial charge < -0.3 is 9.30 Å². The standard InChI is InChI=1S/C23H27N3O2/c1-13-12-20(28-5)14(2)11-18(13)21-22-19(9-10-24-21)26(23(27)15(3)25-22)16(4)17-7-6-8-17/h9-12,16-17H,6-8H2,1-5H3. The van der Waals surface area contributed by atoms with Crippen LogP contribution in [0.1, 0.15) is 49.0 Å². The molecule has 5 heteroatoms. The highest BCUT2D eigenvalue weighted by Gasteiger charge is 2.28. The second-order valence-electron chi connectivity index (χ2n) is 7.97. The van der Waals surface area contributed by atoms with Crippen molar-refractivity contribution in [2.45, 2.75) is 53.0 Å². The number of pyridine rings is 1. The lowest BCUT2D eigenvalue weighted by Gasteiger charge is -2.33. The van der Waals surface area contributed by atoms with Crippen molar-refractivity contribution in [2.75, 3.05) is 7.11 Å². The molecule has 1 aliphatic rings. The van der Waals surface area contributed by atoms with E-state index in [9.17, 15) is 4.79 Å². The van der Waals surface area contributed by atoms with Gasteiger partial charge in [0.2, 0.25) is 0 Å². The monoisotopic (exact) mass is 377 g/mol. The molecular formula is C23H27N3O2. The third kappa shape index (κ3) is 2.89. The Bertz CT molecular complexity index is 1110. The van der Waals surface area contributed by atoms with Gasteiger partial charge in [-0.15, -0.1) is 0 Å². The summed E-state index contributed by atoms with van der Waals surface area (Å²) in [5.74, 6) is 1.42. The summed E-state index contributed by atoms with van der Waals surface area (Å²) in [6.45, 7) is 8.04. The van der Waals surface area contributed by atoms with E-state index in [0.717, 1.165) is 39.2 Å². The summed E-state index contributed by atoms with van der Waals surface area (Å²) < 4.78 is 7.40. The number of hydrogen-bond donors (Lipinski definition) is 0. The molecule has 0 bridgehead atoms. The van der Waals surface area contributed by atoms with E-state index in [4.69, 9.17) is 4.74 Å². The SMILES string of the molecule is COc1cc(C)c(-c2nccc3c2nc(C)c(=O)n3C(C)C2CCC2)cc1C. The van der Waals surface area contributed by atoms with E-state index in [2.05, 4.69) is 29.9 Å². The summed E-state index contributed by atoms with van der Waals surface area (Å²) in [5, 5.41) is 0. The number of hydrogen-bond acceptors (Lipinski definition) is 4. The number of benzene rings is 1. The van der Waals surface area contributed by atoms with Crippen LogP contribution in [0.5, 0.6) is 5.75 Å². The molecule has 3 aromatic rings. The molecule has 1 atom stereocenters. The molecular weight excluding hydrogens is 350 g/mol. The van der Waals surface area contributed by atoms with Crippen LogP contribution in [0, 0.1) is 26.7 Å². The van der Waals surface area contributed by atoms with Crippen molar-refractivity contribution >= 4 is 11.0 Å². The van der Waals surface area contributed by atoms with Crippen molar-refractivity contribution in [1.82, 2.24) is 14.5 Å². The Morgan fingerprint density at radius 3 is 2.57 bits per heavy atom. The summed E-state index contributed by atoms with van der Waals surface area (Å²) in [5.41, 5.74) is 6.16. The molecule has 1 aromatic carbocycles. The minimum atomic E-state index is 0.00619. The van der Waals surface area contributed by atoms with Gasteiger partial charge in [-0.2, -0.15) is 0 Å². The maximum atomic E-state index is 13.0. The van der Waals surface area contributed by atoms with Crippen molar-refractivity contribution in [3.63, 3.8) is 0 Å². The van der Waals surface area contributed by atoms with Gasteiger partial charge in [0, 0.05) is 17.8 Å². The van der Waals surface area contributed by atoms with E-state index in [1.165, 1.54) is 19.3 Å². The van der Waals surface area contributed by atoms with E-state index < -0.39 is 0 Å². The molecule has 0 saturated heterocycles. The van der Waals surface area contributed by atoms with Crippen LogP contribution in [0.4, 0.5) is 0 Å². The second kappa shape index (κ2) is 7.04. The Morgan fingerprint density at radius 2 is 1.93 bits per heavy atom. The predicted octanol–water partition coefficient (Wildman–Crippen LogP) is 4.75. The normalized spacial score (nSPS) is 15.5. The Kier molecular flexibility index (Phi) is 4.69. The van der Waals surface area contributed by atoms with Gasteiger partial charge in [0.05, 0.1) is 18.3 Å². The molecule has 28 heavy (non-hydrogen) atoms. The van der Waals surface area contributed by atoms with Gasteiger partial charge in [-0.25, -0.2) is 4.98 Å². The highest BCUT2D eigenvalue weighted by atomic mass is 16.5. The van der Waals surface area contributed by atoms with E-state index in [0.29, 0.717) is 11.6 Å². The highest BCUT2D eigenvalue weighted by molar-refractivity contribution is 5.90. The van der Waals surface area contributed by atoms with Crippen molar-refractivity contribution in [3.05, 3.63) is 51.6 Å². The smallest absolute Gasteiger partial charge is 0.272 e. The lowest BCUT2D eigenvalue weighted by atomic mass is 9.80. The van der Waals surface area contributed by atoms with Gasteiger partial charge in [0.1, 0.15) is 17.0 Å². The maximum Gasteiger partial charge on any atom is 0.272 e. The van der Waals surface area contributed by atoms with Crippen LogP contribution < -0.4 is 10.3 Å². The zero-order valence-corrected chi connectivity index (χ0v) is 17.2. The van der Waals surface area contributed by atoms with Gasteiger partial charge >= 0.3 is 0 Å². The molecule has 1 unspecified atom stereocenters. The summed E-state index contributed by atoms with van der Waals surface area (Å²) in [6.07, 6.45) is 5.41. The minimum absolute atomic E-state index is 0.00619. The third-order valence-corrected chi connectivity index (χ3v) is 6.21. The predicted molar refractivity (Wildman–Crippen MR) is 112 cm³/mol. The molecule has 1 fully saturated rings. The first-order valence-corrected chi connectivity index (χ1v) is 9.95. The molecule has 0 aliphatic heterocycles. The van der Waals surface area contributed by atoms with Gasteiger partial charge in [-0.3, -0.25) is 9.78 Å². The van der Waals surface area contributed by atoms with Crippen LogP contribution in [0.25, 0.3) is 22.3 Å². The Labute approximate surface area is 165 Å². The average Bonchev–Trinajstić information content (AvgIpc) is 2.62. The molecule has 0 amide bonds. The number of methoxy groups -OCH3 is 1. The molecule has 0 radical (unpaired) electrons. The van der Waals surface area contributed by atoms with Crippen molar-refractivity contribution in [3.8, 4) is 17.0 Å². The number of aryl methyl sites for hydroxylation is 3. The Balaban J connectivity index is 1.99. The fourth-order valence-electron chi connectivity index (χ4n) is 4.25. The quantitative estimate of drug-likeness (QED) is 0.658. The molecule has 1 saturated carbocycles.